The molecule has 0 unspecified atom stereocenters. The number of benzene rings is 2. The number of hydrogen-bond donors (Lipinski definition) is 1. The number of rotatable bonds is 3. The van der Waals surface area contributed by atoms with Crippen molar-refractivity contribution in [1.82, 2.24) is 0 Å². The van der Waals surface area contributed by atoms with Gasteiger partial charge >= 0.3 is 0 Å². The van der Waals surface area contributed by atoms with E-state index in [1.165, 1.54) is 7.11 Å². The Morgan fingerprint density at radius 1 is 1.30 bits per heavy atom. The number of anilines is 1. The van der Waals surface area contributed by atoms with E-state index in [0.29, 0.717) is 22.6 Å². The summed E-state index contributed by atoms with van der Waals surface area (Å²) in [5.74, 6) is 0.188. The van der Waals surface area contributed by atoms with Crippen molar-refractivity contribution in [3.05, 3.63) is 57.2 Å². The Balaban J connectivity index is 2.35. The largest absolute Gasteiger partial charge is 0.495 e. The number of nitrogens with zero attached hydrogens (tertiary/aromatic N) is 1. The number of amides is 1. The molecule has 0 heterocycles. The highest BCUT2D eigenvalue weighted by atomic mass is 127. The highest BCUT2D eigenvalue weighted by molar-refractivity contribution is 14.1. The number of para-hydroxylation sites is 1. The number of ether oxygens (including phenoxy) is 1. The second-order valence-electron chi connectivity index (χ2n) is 3.96. The third kappa shape index (κ3) is 3.08. The summed E-state index contributed by atoms with van der Waals surface area (Å²) < 4.78 is 6.15. The summed E-state index contributed by atoms with van der Waals surface area (Å²) in [6.07, 6.45) is 0. The third-order valence-corrected chi connectivity index (χ3v) is 3.36. The molecule has 0 fully saturated rings. The average molecular weight is 378 g/mol. The van der Waals surface area contributed by atoms with Crippen molar-refractivity contribution in [1.29, 1.82) is 5.26 Å². The molecular weight excluding hydrogens is 367 g/mol. The van der Waals surface area contributed by atoms with Gasteiger partial charge in [-0.05, 0) is 52.9 Å². The van der Waals surface area contributed by atoms with Crippen molar-refractivity contribution in [2.75, 3.05) is 12.4 Å². The van der Waals surface area contributed by atoms with Crippen LogP contribution in [-0.4, -0.2) is 13.0 Å². The molecule has 2 rings (SSSR count). The Labute approximate surface area is 130 Å². The van der Waals surface area contributed by atoms with Crippen LogP contribution < -0.4 is 10.1 Å². The van der Waals surface area contributed by atoms with Crippen LogP contribution in [0.1, 0.15) is 15.9 Å². The number of carbonyl (C=O) groups excluding carboxylic acids is 1. The lowest BCUT2D eigenvalue weighted by molar-refractivity contribution is 0.102. The minimum Gasteiger partial charge on any atom is -0.495 e. The van der Waals surface area contributed by atoms with Gasteiger partial charge in [0.05, 0.1) is 12.7 Å². The zero-order chi connectivity index (χ0) is 14.5. The summed E-state index contributed by atoms with van der Waals surface area (Å²) in [6, 6.07) is 14.3. The zero-order valence-corrected chi connectivity index (χ0v) is 12.8. The van der Waals surface area contributed by atoms with Crippen molar-refractivity contribution in [3.63, 3.8) is 0 Å². The first-order chi connectivity index (χ1) is 9.65. The van der Waals surface area contributed by atoms with Crippen LogP contribution in [0.5, 0.6) is 5.75 Å². The molecule has 2 aromatic rings. The Morgan fingerprint density at radius 2 is 2.05 bits per heavy atom. The van der Waals surface area contributed by atoms with Gasteiger partial charge in [0.15, 0.2) is 0 Å². The van der Waals surface area contributed by atoms with E-state index in [9.17, 15) is 4.79 Å². The molecule has 0 bridgehead atoms. The van der Waals surface area contributed by atoms with E-state index in [-0.39, 0.29) is 5.91 Å². The highest BCUT2D eigenvalue weighted by Crippen LogP contribution is 2.28. The summed E-state index contributed by atoms with van der Waals surface area (Å²) in [5.41, 5.74) is 1.29. The number of nitriles is 1. The molecule has 1 amide bonds. The fourth-order valence-electron chi connectivity index (χ4n) is 1.74. The van der Waals surface area contributed by atoms with Crippen molar-refractivity contribution in [2.45, 2.75) is 0 Å². The van der Waals surface area contributed by atoms with E-state index >= 15 is 0 Å². The lowest BCUT2D eigenvalue weighted by atomic mass is 10.1. The van der Waals surface area contributed by atoms with Gasteiger partial charge in [-0.25, -0.2) is 0 Å². The summed E-state index contributed by atoms with van der Waals surface area (Å²) >= 11 is 2.14. The quantitative estimate of drug-likeness (QED) is 0.833. The van der Waals surface area contributed by atoms with Crippen LogP contribution in [0.4, 0.5) is 5.69 Å². The molecule has 0 aliphatic rings. The Kier molecular flexibility index (Phi) is 4.58. The molecule has 2 aromatic carbocycles. The van der Waals surface area contributed by atoms with Gasteiger partial charge in [-0.3, -0.25) is 4.79 Å². The molecule has 0 radical (unpaired) electrons. The maximum absolute atomic E-state index is 12.2. The molecule has 100 valence electrons. The molecule has 0 aliphatic carbocycles. The number of methoxy groups -OCH3 is 1. The molecule has 0 aromatic heterocycles. The molecule has 4 nitrogen and oxygen atoms in total. The molecular formula is C15H11IN2O2. The van der Waals surface area contributed by atoms with Crippen molar-refractivity contribution >= 4 is 34.2 Å². The maximum Gasteiger partial charge on any atom is 0.255 e. The second-order valence-corrected chi connectivity index (χ2v) is 5.20. The van der Waals surface area contributed by atoms with E-state index < -0.39 is 0 Å². The van der Waals surface area contributed by atoms with Gasteiger partial charge in [0.2, 0.25) is 0 Å². The van der Waals surface area contributed by atoms with Crippen LogP contribution in [0, 0.1) is 14.9 Å². The minimum absolute atomic E-state index is 0.274. The molecule has 0 saturated carbocycles. The first-order valence-electron chi connectivity index (χ1n) is 5.79. The van der Waals surface area contributed by atoms with Crippen LogP contribution in [0.25, 0.3) is 0 Å². The smallest absolute Gasteiger partial charge is 0.255 e. The molecule has 1 N–H and O–H groups in total. The Morgan fingerprint density at radius 3 is 2.70 bits per heavy atom. The van der Waals surface area contributed by atoms with E-state index in [2.05, 4.69) is 27.9 Å². The van der Waals surface area contributed by atoms with Gasteiger partial charge in [-0.15, -0.1) is 0 Å². The van der Waals surface area contributed by atoms with Crippen molar-refractivity contribution < 1.29 is 9.53 Å². The first kappa shape index (κ1) is 14.3. The molecule has 20 heavy (non-hydrogen) atoms. The molecule has 0 spiro atoms. The van der Waals surface area contributed by atoms with Gasteiger partial charge in [0.1, 0.15) is 17.5 Å². The number of hydrogen-bond acceptors (Lipinski definition) is 3. The van der Waals surface area contributed by atoms with E-state index in [4.69, 9.17) is 10.00 Å². The predicted octanol–water partition coefficient (Wildman–Crippen LogP) is 3.42. The van der Waals surface area contributed by atoms with Gasteiger partial charge in [-0.2, -0.15) is 5.26 Å². The van der Waals surface area contributed by atoms with Gasteiger partial charge in [-0.1, -0.05) is 12.1 Å². The summed E-state index contributed by atoms with van der Waals surface area (Å²) in [6.45, 7) is 0. The van der Waals surface area contributed by atoms with Crippen LogP contribution in [0.15, 0.2) is 42.5 Å². The van der Waals surface area contributed by atoms with Crippen LogP contribution >= 0.6 is 22.6 Å². The van der Waals surface area contributed by atoms with E-state index in [1.54, 1.807) is 30.3 Å². The zero-order valence-electron chi connectivity index (χ0n) is 10.7. The first-order valence-corrected chi connectivity index (χ1v) is 6.87. The number of carbonyl (C=O) groups is 1. The normalized spacial score (nSPS) is 9.65. The van der Waals surface area contributed by atoms with Crippen LogP contribution in [-0.2, 0) is 0 Å². The lowest BCUT2D eigenvalue weighted by Crippen LogP contribution is -2.13. The van der Waals surface area contributed by atoms with Gasteiger partial charge < -0.3 is 10.1 Å². The molecule has 0 saturated heterocycles. The standard InChI is InChI=1S/C15H11IN2O2/c1-20-13-7-3-5-11(9-17)14(13)18-15(19)10-4-2-6-12(16)8-10/h2-8H,1H3,(H,18,19). The molecule has 0 atom stereocenters. The fourth-order valence-corrected chi connectivity index (χ4v) is 2.28. The van der Waals surface area contributed by atoms with Crippen LogP contribution in [0.3, 0.4) is 0 Å². The maximum atomic E-state index is 12.2. The van der Waals surface area contributed by atoms with Crippen molar-refractivity contribution in [2.24, 2.45) is 0 Å². The predicted molar refractivity (Wildman–Crippen MR) is 84.8 cm³/mol. The summed E-state index contributed by atoms with van der Waals surface area (Å²) in [5, 5.41) is 11.8. The Hall–Kier alpha value is -2.07. The van der Waals surface area contributed by atoms with Crippen molar-refractivity contribution in [3.8, 4) is 11.8 Å². The lowest BCUT2D eigenvalue weighted by Gasteiger charge is -2.11. The molecule has 0 aliphatic heterocycles. The summed E-state index contributed by atoms with van der Waals surface area (Å²) in [4.78, 5) is 12.2. The number of halogens is 1. The second kappa shape index (κ2) is 6.39. The highest BCUT2D eigenvalue weighted by Gasteiger charge is 2.13. The van der Waals surface area contributed by atoms with E-state index in [0.717, 1.165) is 3.57 Å². The SMILES string of the molecule is COc1cccc(C#N)c1NC(=O)c1cccc(I)c1. The number of nitrogens with one attached hydrogen (secondary N) is 1. The van der Waals surface area contributed by atoms with Gasteiger partial charge in [0.25, 0.3) is 5.91 Å². The van der Waals surface area contributed by atoms with Crippen LogP contribution in [0.2, 0.25) is 0 Å². The molecule has 5 heteroatoms. The van der Waals surface area contributed by atoms with E-state index in [1.807, 2.05) is 18.2 Å². The van der Waals surface area contributed by atoms with Gasteiger partial charge in [0, 0.05) is 9.13 Å². The Bertz CT molecular complexity index is 693. The topological polar surface area (TPSA) is 62.1 Å². The minimum atomic E-state index is -0.274. The fraction of sp³-hybridized carbons (Fsp3) is 0.0667. The average Bonchev–Trinajstić information content (AvgIpc) is 2.47. The monoisotopic (exact) mass is 378 g/mol. The third-order valence-electron chi connectivity index (χ3n) is 2.69. The summed E-state index contributed by atoms with van der Waals surface area (Å²) in [7, 11) is 1.50.